The maximum Gasteiger partial charge on any atom is 0.0192 e. The third kappa shape index (κ3) is 1.63. The second kappa shape index (κ2) is 3.23. The zero-order valence-corrected chi connectivity index (χ0v) is 11.7. The van der Waals surface area contributed by atoms with Gasteiger partial charge in [0, 0.05) is 5.54 Å². The lowest BCUT2D eigenvalue weighted by atomic mass is 9.48. The van der Waals surface area contributed by atoms with Crippen molar-refractivity contribution in [1.29, 1.82) is 0 Å². The molecule has 0 saturated heterocycles. The Morgan fingerprint density at radius 1 is 0.867 bits per heavy atom. The van der Waals surface area contributed by atoms with Crippen LogP contribution in [0.3, 0.4) is 0 Å². The molecule has 2 N–H and O–H groups in total. The van der Waals surface area contributed by atoms with Crippen LogP contribution in [0.1, 0.15) is 67.7 Å². The van der Waals surface area contributed by atoms with Gasteiger partial charge in [0.25, 0.3) is 0 Å². The van der Waals surface area contributed by atoms with Gasteiger partial charge in [-0.3, -0.25) is 0 Å². The van der Waals surface area contributed by atoms with Crippen molar-refractivity contribution in [1.82, 2.24) is 0 Å². The molecule has 0 aromatic heterocycles. The molecule has 0 aromatic rings. The van der Waals surface area contributed by atoms with Crippen molar-refractivity contribution >= 4 is 0 Å². The van der Waals surface area contributed by atoms with Gasteiger partial charge in [-0.1, -0.05) is 48.0 Å². The Morgan fingerprint density at radius 3 is 1.40 bits per heavy atom. The van der Waals surface area contributed by atoms with Crippen LogP contribution < -0.4 is 5.73 Å². The normalized spacial score (nSPS) is 32.0. The summed E-state index contributed by atoms with van der Waals surface area (Å²) in [6.07, 6.45) is 3.72. The molecule has 1 fully saturated rings. The van der Waals surface area contributed by atoms with Gasteiger partial charge >= 0.3 is 0 Å². The van der Waals surface area contributed by atoms with E-state index < -0.39 is 0 Å². The summed E-state index contributed by atoms with van der Waals surface area (Å²) in [7, 11) is 0. The molecule has 0 radical (unpaired) electrons. The van der Waals surface area contributed by atoms with Crippen LogP contribution in [0.5, 0.6) is 0 Å². The minimum absolute atomic E-state index is 0.0243. The Kier molecular flexibility index (Phi) is 2.80. The minimum atomic E-state index is -0.0243. The predicted octanol–water partition coefficient (Wildman–Crippen LogP) is 3.97. The van der Waals surface area contributed by atoms with Gasteiger partial charge < -0.3 is 5.73 Å². The molecule has 15 heavy (non-hydrogen) atoms. The number of rotatable bonds is 0. The summed E-state index contributed by atoms with van der Waals surface area (Å²) in [5.41, 5.74) is 7.39. The number of nitrogens with two attached hydrogens (primary N) is 1. The van der Waals surface area contributed by atoms with Crippen LogP contribution in [0.25, 0.3) is 0 Å². The first-order chi connectivity index (χ1) is 6.46. The molecule has 1 unspecified atom stereocenters. The fraction of sp³-hybridized carbons (Fsp3) is 1.00. The van der Waals surface area contributed by atoms with Crippen LogP contribution in [-0.4, -0.2) is 5.54 Å². The molecular formula is C14H29N. The predicted molar refractivity (Wildman–Crippen MR) is 67.8 cm³/mol. The van der Waals surface area contributed by atoms with Crippen molar-refractivity contribution in [2.45, 2.75) is 73.3 Å². The maximum absolute atomic E-state index is 6.63. The van der Waals surface area contributed by atoms with E-state index in [1.165, 1.54) is 19.3 Å². The van der Waals surface area contributed by atoms with Crippen LogP contribution in [0.2, 0.25) is 0 Å². The average Bonchev–Trinajstić information content (AvgIpc) is 2.21. The molecule has 1 rings (SSSR count). The topological polar surface area (TPSA) is 26.0 Å². The fourth-order valence-electron chi connectivity index (χ4n) is 4.81. The van der Waals surface area contributed by atoms with Gasteiger partial charge in [-0.2, -0.15) is 0 Å². The summed E-state index contributed by atoms with van der Waals surface area (Å²) in [6, 6.07) is 0. The van der Waals surface area contributed by atoms with E-state index in [0.717, 1.165) is 0 Å². The molecule has 90 valence electrons. The van der Waals surface area contributed by atoms with Crippen LogP contribution in [0.15, 0.2) is 0 Å². The molecule has 0 aromatic carbocycles. The van der Waals surface area contributed by atoms with Gasteiger partial charge in [-0.25, -0.2) is 0 Å². The Hall–Kier alpha value is -0.0400. The minimum Gasteiger partial charge on any atom is -0.325 e. The lowest BCUT2D eigenvalue weighted by Gasteiger charge is -2.59. The first-order valence-electron chi connectivity index (χ1n) is 6.25. The summed E-state index contributed by atoms with van der Waals surface area (Å²) in [5.74, 6) is 0. The second-order valence-electron chi connectivity index (χ2n) is 7.68. The van der Waals surface area contributed by atoms with Gasteiger partial charge in [-0.15, -0.1) is 0 Å². The van der Waals surface area contributed by atoms with E-state index in [0.29, 0.717) is 0 Å². The summed E-state index contributed by atoms with van der Waals surface area (Å²) in [6.45, 7) is 16.4. The second-order valence-corrected chi connectivity index (χ2v) is 7.68. The molecule has 0 spiro atoms. The highest BCUT2D eigenvalue weighted by atomic mass is 14.8. The summed E-state index contributed by atoms with van der Waals surface area (Å²) < 4.78 is 0. The lowest BCUT2D eigenvalue weighted by molar-refractivity contribution is -0.0744. The van der Waals surface area contributed by atoms with Gasteiger partial charge in [0.15, 0.2) is 0 Å². The molecule has 0 bridgehead atoms. The summed E-state index contributed by atoms with van der Waals surface area (Å²) in [5, 5.41) is 0. The molecule has 0 heterocycles. The van der Waals surface area contributed by atoms with Gasteiger partial charge in [-0.05, 0) is 36.0 Å². The zero-order chi connectivity index (χ0) is 12.1. The monoisotopic (exact) mass is 211 g/mol. The van der Waals surface area contributed by atoms with Gasteiger partial charge in [0.1, 0.15) is 0 Å². The van der Waals surface area contributed by atoms with Crippen LogP contribution in [-0.2, 0) is 0 Å². The molecule has 1 nitrogen and oxygen atoms in total. The van der Waals surface area contributed by atoms with Crippen molar-refractivity contribution < 1.29 is 0 Å². The highest BCUT2D eigenvalue weighted by Gasteiger charge is 2.61. The van der Waals surface area contributed by atoms with Crippen LogP contribution >= 0.6 is 0 Å². The molecule has 1 atom stereocenters. The smallest absolute Gasteiger partial charge is 0.0192 e. The third-order valence-corrected chi connectivity index (χ3v) is 4.78. The van der Waals surface area contributed by atoms with E-state index >= 15 is 0 Å². The van der Waals surface area contributed by atoms with E-state index in [1.54, 1.807) is 0 Å². The van der Waals surface area contributed by atoms with Crippen LogP contribution in [0, 0.1) is 16.2 Å². The lowest BCUT2D eigenvalue weighted by Crippen LogP contribution is -2.61. The van der Waals surface area contributed by atoms with E-state index in [4.69, 9.17) is 5.73 Å². The first-order valence-corrected chi connectivity index (χ1v) is 6.25. The quantitative estimate of drug-likeness (QED) is 0.644. The van der Waals surface area contributed by atoms with Gasteiger partial charge in [0.05, 0.1) is 0 Å². The maximum atomic E-state index is 6.63. The fourth-order valence-corrected chi connectivity index (χ4v) is 4.81. The van der Waals surface area contributed by atoms with Crippen molar-refractivity contribution in [3.8, 4) is 0 Å². The van der Waals surface area contributed by atoms with E-state index in [9.17, 15) is 0 Å². The highest BCUT2D eigenvalue weighted by Crippen LogP contribution is 2.64. The molecule has 1 saturated carbocycles. The largest absolute Gasteiger partial charge is 0.325 e. The summed E-state index contributed by atoms with van der Waals surface area (Å²) in [4.78, 5) is 0. The van der Waals surface area contributed by atoms with Crippen molar-refractivity contribution in [3.05, 3.63) is 0 Å². The third-order valence-electron chi connectivity index (χ3n) is 4.78. The molecule has 1 aliphatic rings. The molecule has 1 heteroatoms. The molecule has 1 aliphatic carbocycles. The van der Waals surface area contributed by atoms with E-state index in [2.05, 4.69) is 48.5 Å². The van der Waals surface area contributed by atoms with E-state index in [-0.39, 0.29) is 21.8 Å². The van der Waals surface area contributed by atoms with Crippen molar-refractivity contribution in [3.63, 3.8) is 0 Å². The molecule has 0 aliphatic heterocycles. The number of hydrogen-bond acceptors (Lipinski definition) is 1. The number of hydrogen-bond donors (Lipinski definition) is 1. The summed E-state index contributed by atoms with van der Waals surface area (Å²) >= 11 is 0. The Bertz CT molecular complexity index is 223. The van der Waals surface area contributed by atoms with Gasteiger partial charge in [0.2, 0.25) is 0 Å². The standard InChI is InChI=1S/C14H29N/c1-11(2,3)14(12(4,5)6)10-8-9-13(14,7)15/h8-10,15H2,1-7H3. The Labute approximate surface area is 95.8 Å². The van der Waals surface area contributed by atoms with Crippen molar-refractivity contribution in [2.75, 3.05) is 0 Å². The molecule has 0 amide bonds. The van der Waals surface area contributed by atoms with Crippen molar-refractivity contribution in [2.24, 2.45) is 22.0 Å². The average molecular weight is 211 g/mol. The Morgan fingerprint density at radius 2 is 1.27 bits per heavy atom. The zero-order valence-electron chi connectivity index (χ0n) is 11.7. The highest BCUT2D eigenvalue weighted by molar-refractivity contribution is 5.14. The van der Waals surface area contributed by atoms with E-state index in [1.807, 2.05) is 0 Å². The SMILES string of the molecule is CC(C)(C)C1(C(C)(C)C)CCCC1(C)N. The van der Waals surface area contributed by atoms with Crippen LogP contribution in [0.4, 0.5) is 0 Å². The first kappa shape index (κ1) is 13.0. The molecular weight excluding hydrogens is 182 g/mol. The Balaban J connectivity index is 3.33.